The summed E-state index contributed by atoms with van der Waals surface area (Å²) < 4.78 is 23.8. The zero-order valence-corrected chi connectivity index (χ0v) is 16.8. The molecule has 0 amide bonds. The van der Waals surface area contributed by atoms with Crippen LogP contribution in [0.4, 0.5) is 4.39 Å². The second-order valence-corrected chi connectivity index (χ2v) is 7.93. The van der Waals surface area contributed by atoms with Gasteiger partial charge in [-0.2, -0.15) is 0 Å². The standard InChI is InChI=1S/C21H28FN3O2S/c22-18-4-6-20(7-5-18)28-14-2-10-23-21(25-15-17-9-13-26-16-17)24-11-8-19-3-1-12-27-19/h1,3-7,12,17H,2,8-11,13-16H2,(H2,23,24,25). The van der Waals surface area contributed by atoms with Crippen LogP contribution in [0.2, 0.25) is 0 Å². The Labute approximate surface area is 170 Å². The summed E-state index contributed by atoms with van der Waals surface area (Å²) in [7, 11) is 0. The largest absolute Gasteiger partial charge is 0.469 e. The average molecular weight is 406 g/mol. The van der Waals surface area contributed by atoms with E-state index in [2.05, 4.69) is 10.6 Å². The first kappa shape index (κ1) is 20.7. The minimum Gasteiger partial charge on any atom is -0.469 e. The zero-order chi connectivity index (χ0) is 19.4. The molecule has 1 atom stereocenters. The van der Waals surface area contributed by atoms with Gasteiger partial charge in [-0.15, -0.1) is 11.8 Å². The van der Waals surface area contributed by atoms with Crippen molar-refractivity contribution in [3.05, 3.63) is 54.2 Å². The van der Waals surface area contributed by atoms with Gasteiger partial charge in [-0.25, -0.2) is 4.39 Å². The number of aliphatic imine (C=N–C) groups is 1. The van der Waals surface area contributed by atoms with Gasteiger partial charge in [0, 0.05) is 43.5 Å². The number of halogens is 1. The van der Waals surface area contributed by atoms with E-state index in [-0.39, 0.29) is 5.82 Å². The predicted molar refractivity (Wildman–Crippen MR) is 111 cm³/mol. The third-order valence-electron chi connectivity index (χ3n) is 4.47. The molecule has 152 valence electrons. The van der Waals surface area contributed by atoms with Gasteiger partial charge in [0.05, 0.1) is 12.9 Å². The summed E-state index contributed by atoms with van der Waals surface area (Å²) >= 11 is 1.73. The molecule has 1 saturated heterocycles. The molecule has 1 aliphatic rings. The van der Waals surface area contributed by atoms with E-state index in [9.17, 15) is 4.39 Å². The fourth-order valence-corrected chi connectivity index (χ4v) is 3.73. The second-order valence-electron chi connectivity index (χ2n) is 6.76. The van der Waals surface area contributed by atoms with E-state index in [0.717, 1.165) is 74.5 Å². The number of hydrogen-bond donors (Lipinski definition) is 2. The Hall–Kier alpha value is -1.99. The molecule has 1 aliphatic heterocycles. The Bertz CT molecular complexity index is 701. The molecule has 0 bridgehead atoms. The normalized spacial score (nSPS) is 17.0. The molecule has 2 aromatic rings. The summed E-state index contributed by atoms with van der Waals surface area (Å²) in [5.74, 6) is 3.09. The van der Waals surface area contributed by atoms with E-state index in [1.54, 1.807) is 18.0 Å². The first-order valence-corrected chi connectivity index (χ1v) is 10.8. The van der Waals surface area contributed by atoms with Crippen LogP contribution in [0.1, 0.15) is 18.6 Å². The lowest BCUT2D eigenvalue weighted by atomic mass is 10.1. The van der Waals surface area contributed by atoms with Crippen molar-refractivity contribution in [1.82, 2.24) is 10.6 Å². The smallest absolute Gasteiger partial charge is 0.191 e. The molecule has 2 N–H and O–H groups in total. The van der Waals surface area contributed by atoms with Crippen LogP contribution in [-0.4, -0.2) is 44.6 Å². The third kappa shape index (κ3) is 7.56. The number of hydrogen-bond acceptors (Lipinski definition) is 4. The molecule has 2 heterocycles. The lowest BCUT2D eigenvalue weighted by molar-refractivity contribution is 0.187. The van der Waals surface area contributed by atoms with Crippen molar-refractivity contribution in [2.75, 3.05) is 38.6 Å². The van der Waals surface area contributed by atoms with Gasteiger partial charge >= 0.3 is 0 Å². The molecule has 0 saturated carbocycles. The fourth-order valence-electron chi connectivity index (χ4n) is 2.88. The van der Waals surface area contributed by atoms with Crippen molar-refractivity contribution in [1.29, 1.82) is 0 Å². The van der Waals surface area contributed by atoms with E-state index in [1.807, 2.05) is 24.3 Å². The van der Waals surface area contributed by atoms with Gasteiger partial charge in [-0.05, 0) is 55.0 Å². The molecule has 0 spiro atoms. The summed E-state index contributed by atoms with van der Waals surface area (Å²) in [4.78, 5) is 5.82. The van der Waals surface area contributed by atoms with Crippen LogP contribution in [0, 0.1) is 11.7 Å². The Morgan fingerprint density at radius 2 is 2.04 bits per heavy atom. The number of benzene rings is 1. The van der Waals surface area contributed by atoms with Crippen LogP contribution in [0.3, 0.4) is 0 Å². The molecule has 0 radical (unpaired) electrons. The average Bonchev–Trinajstić information content (AvgIpc) is 3.41. The van der Waals surface area contributed by atoms with Crippen molar-refractivity contribution in [2.45, 2.75) is 24.2 Å². The van der Waals surface area contributed by atoms with Crippen molar-refractivity contribution in [3.8, 4) is 0 Å². The van der Waals surface area contributed by atoms with Gasteiger partial charge in [0.1, 0.15) is 11.6 Å². The van der Waals surface area contributed by atoms with Crippen molar-refractivity contribution >= 4 is 17.7 Å². The highest BCUT2D eigenvalue weighted by molar-refractivity contribution is 7.99. The van der Waals surface area contributed by atoms with Gasteiger partial charge in [0.2, 0.25) is 0 Å². The van der Waals surface area contributed by atoms with Crippen LogP contribution in [-0.2, 0) is 11.2 Å². The molecule has 28 heavy (non-hydrogen) atoms. The third-order valence-corrected chi connectivity index (χ3v) is 5.57. The number of furan rings is 1. The van der Waals surface area contributed by atoms with Gasteiger partial charge in [-0.3, -0.25) is 4.99 Å². The fraction of sp³-hybridized carbons (Fsp3) is 0.476. The summed E-state index contributed by atoms with van der Waals surface area (Å²) in [6, 6.07) is 10.5. The van der Waals surface area contributed by atoms with Gasteiger partial charge < -0.3 is 19.8 Å². The maximum Gasteiger partial charge on any atom is 0.191 e. The molecular formula is C21H28FN3O2S. The first-order chi connectivity index (χ1) is 13.8. The highest BCUT2D eigenvalue weighted by Gasteiger charge is 2.15. The first-order valence-electron chi connectivity index (χ1n) is 9.80. The Kier molecular flexibility index (Phi) is 8.71. The quantitative estimate of drug-likeness (QED) is 0.273. The maximum absolute atomic E-state index is 12.9. The maximum atomic E-state index is 12.9. The molecule has 1 fully saturated rings. The van der Waals surface area contributed by atoms with Gasteiger partial charge in [0.25, 0.3) is 0 Å². The number of nitrogens with zero attached hydrogens (tertiary/aromatic N) is 1. The molecule has 1 aromatic carbocycles. The molecule has 3 rings (SSSR count). The Balaban J connectivity index is 1.38. The number of thioether (sulfide) groups is 1. The van der Waals surface area contributed by atoms with Crippen LogP contribution < -0.4 is 10.6 Å². The van der Waals surface area contributed by atoms with Crippen molar-refractivity contribution < 1.29 is 13.5 Å². The lowest BCUT2D eigenvalue weighted by Crippen LogP contribution is -2.39. The number of nitrogens with one attached hydrogen (secondary N) is 2. The highest BCUT2D eigenvalue weighted by atomic mass is 32.2. The predicted octanol–water partition coefficient (Wildman–Crippen LogP) is 3.72. The van der Waals surface area contributed by atoms with Crippen LogP contribution in [0.15, 0.2) is 57.0 Å². The Morgan fingerprint density at radius 3 is 2.79 bits per heavy atom. The number of guanidine groups is 1. The lowest BCUT2D eigenvalue weighted by Gasteiger charge is -2.13. The van der Waals surface area contributed by atoms with Crippen molar-refractivity contribution in [3.63, 3.8) is 0 Å². The summed E-state index contributed by atoms with van der Waals surface area (Å²) in [6.07, 6.45) is 4.59. The topological polar surface area (TPSA) is 58.8 Å². The molecular weight excluding hydrogens is 377 g/mol. The molecule has 1 aromatic heterocycles. The second kappa shape index (κ2) is 11.8. The monoisotopic (exact) mass is 405 g/mol. The zero-order valence-electron chi connectivity index (χ0n) is 16.0. The number of ether oxygens (including phenoxy) is 1. The molecule has 0 aliphatic carbocycles. The summed E-state index contributed by atoms with van der Waals surface area (Å²) in [5, 5.41) is 6.80. The minimum atomic E-state index is -0.194. The van der Waals surface area contributed by atoms with E-state index >= 15 is 0 Å². The van der Waals surface area contributed by atoms with E-state index < -0.39 is 0 Å². The van der Waals surface area contributed by atoms with Gasteiger partial charge in [0.15, 0.2) is 5.96 Å². The summed E-state index contributed by atoms with van der Waals surface area (Å²) in [5.41, 5.74) is 0. The van der Waals surface area contributed by atoms with Crippen LogP contribution in [0.5, 0.6) is 0 Å². The SMILES string of the molecule is Fc1ccc(SCCCNC(=NCC2CCOC2)NCCc2ccco2)cc1. The Morgan fingerprint density at radius 1 is 1.18 bits per heavy atom. The molecule has 5 nitrogen and oxygen atoms in total. The van der Waals surface area contributed by atoms with Crippen LogP contribution >= 0.6 is 11.8 Å². The minimum absolute atomic E-state index is 0.194. The highest BCUT2D eigenvalue weighted by Crippen LogP contribution is 2.18. The van der Waals surface area contributed by atoms with Crippen molar-refractivity contribution in [2.24, 2.45) is 10.9 Å². The van der Waals surface area contributed by atoms with E-state index in [0.29, 0.717) is 5.92 Å². The van der Waals surface area contributed by atoms with E-state index in [4.69, 9.17) is 14.1 Å². The molecule has 7 heteroatoms. The van der Waals surface area contributed by atoms with Crippen LogP contribution in [0.25, 0.3) is 0 Å². The van der Waals surface area contributed by atoms with Gasteiger partial charge in [-0.1, -0.05) is 0 Å². The van der Waals surface area contributed by atoms with E-state index in [1.165, 1.54) is 12.1 Å². The number of rotatable bonds is 10. The summed E-state index contributed by atoms with van der Waals surface area (Å²) in [6.45, 7) is 4.03. The molecule has 1 unspecified atom stereocenters.